The van der Waals surface area contributed by atoms with Crippen molar-refractivity contribution in [2.45, 2.75) is 6.42 Å². The molecule has 4 nitrogen and oxygen atoms in total. The van der Waals surface area contributed by atoms with Gasteiger partial charge in [-0.3, -0.25) is 0 Å². The predicted molar refractivity (Wildman–Crippen MR) is 43.5 cm³/mol. The summed E-state index contributed by atoms with van der Waals surface area (Å²) in [7, 11) is 3.00. The Labute approximate surface area is 84.3 Å². The first-order valence-electron chi connectivity index (χ1n) is 2.75. The number of hydrogen-bond acceptors (Lipinski definition) is 4. The second-order valence-corrected chi connectivity index (χ2v) is 0.642. The third-order valence-electron chi connectivity index (χ3n) is 0.204. The van der Waals surface area contributed by atoms with Crippen molar-refractivity contribution in [3.8, 4) is 0 Å². The molecule has 0 radical (unpaired) electrons. The van der Waals surface area contributed by atoms with Crippen molar-refractivity contribution in [2.24, 2.45) is 5.73 Å². The Morgan fingerprint density at radius 2 is 1.09 bits per heavy atom. The Balaban J connectivity index is -0.0000000152. The number of aliphatic hydroxyl groups excluding tert-OH is 3. The van der Waals surface area contributed by atoms with Gasteiger partial charge in [-0.05, 0) is 6.54 Å². The van der Waals surface area contributed by atoms with Crippen LogP contribution in [0.4, 0.5) is 0 Å². The second-order valence-electron chi connectivity index (χ2n) is 0.642. The molecular formula is C6H20NO3Ti-. The van der Waals surface area contributed by atoms with Gasteiger partial charge < -0.3 is 28.0 Å². The topological polar surface area (TPSA) is 86.7 Å². The van der Waals surface area contributed by atoms with Gasteiger partial charge in [0, 0.05) is 43.0 Å². The van der Waals surface area contributed by atoms with E-state index in [1.54, 1.807) is 0 Å². The summed E-state index contributed by atoms with van der Waals surface area (Å²) in [5.41, 5.74) is 4.97. The zero-order valence-electron chi connectivity index (χ0n) is 7.54. The van der Waals surface area contributed by atoms with Gasteiger partial charge >= 0.3 is 0 Å². The van der Waals surface area contributed by atoms with Crippen LogP contribution < -0.4 is 5.73 Å². The van der Waals surface area contributed by atoms with Crippen molar-refractivity contribution < 1.29 is 37.0 Å². The molecule has 5 N–H and O–H groups in total. The predicted octanol–water partition coefficient (Wildman–Crippen LogP) is -1.01. The number of nitrogens with two attached hydrogens (primary N) is 1. The molecule has 11 heavy (non-hydrogen) atoms. The van der Waals surface area contributed by atoms with E-state index < -0.39 is 0 Å². The summed E-state index contributed by atoms with van der Waals surface area (Å²) in [6, 6.07) is 0. The van der Waals surface area contributed by atoms with Gasteiger partial charge in [-0.1, -0.05) is 0 Å². The van der Waals surface area contributed by atoms with Gasteiger partial charge in [0.15, 0.2) is 0 Å². The molecule has 0 aromatic heterocycles. The van der Waals surface area contributed by atoms with E-state index in [1.165, 1.54) is 0 Å². The van der Waals surface area contributed by atoms with Crippen LogP contribution in [0.25, 0.3) is 0 Å². The molecule has 0 aliphatic rings. The van der Waals surface area contributed by atoms with Crippen molar-refractivity contribution in [3.05, 3.63) is 6.92 Å². The van der Waals surface area contributed by atoms with Crippen LogP contribution in [0.1, 0.15) is 6.42 Å². The minimum Gasteiger partial charge on any atom is -0.400 e. The summed E-state index contributed by atoms with van der Waals surface area (Å²) < 4.78 is 0. The molecule has 0 saturated heterocycles. The molecule has 72 valence electrons. The molecule has 0 aliphatic carbocycles. The van der Waals surface area contributed by atoms with Crippen LogP contribution in [0.2, 0.25) is 0 Å². The Kier molecular flexibility index (Phi) is 402. The molecule has 0 aromatic carbocycles. The van der Waals surface area contributed by atoms with Gasteiger partial charge in [0.05, 0.1) is 0 Å². The monoisotopic (exact) mass is 202 g/mol. The van der Waals surface area contributed by atoms with E-state index in [4.69, 9.17) is 21.1 Å². The standard InChI is InChI=1S/C3H8N.3CH4O.Ti/c1-2-3-4;3*1-2;/h1-4H2;3*2H,1H3;/q-1;;;;. The fourth-order valence-electron chi connectivity index (χ4n) is 0. The first-order valence-corrected chi connectivity index (χ1v) is 2.75. The van der Waals surface area contributed by atoms with Gasteiger partial charge in [0.2, 0.25) is 0 Å². The van der Waals surface area contributed by atoms with Crippen molar-refractivity contribution >= 4 is 0 Å². The van der Waals surface area contributed by atoms with Gasteiger partial charge in [-0.2, -0.15) is 6.42 Å². The Hall–Kier alpha value is 0.554. The van der Waals surface area contributed by atoms with E-state index in [1.807, 2.05) is 0 Å². The first kappa shape index (κ1) is 30.0. The van der Waals surface area contributed by atoms with Crippen LogP contribution in [0, 0.1) is 6.92 Å². The molecule has 0 fully saturated rings. The van der Waals surface area contributed by atoms with Gasteiger partial charge in [-0.25, -0.2) is 0 Å². The van der Waals surface area contributed by atoms with Crippen LogP contribution in [0.15, 0.2) is 0 Å². The minimum atomic E-state index is 0. The average molecular weight is 202 g/mol. The van der Waals surface area contributed by atoms with E-state index in [-0.39, 0.29) is 21.7 Å². The summed E-state index contributed by atoms with van der Waals surface area (Å²) in [4.78, 5) is 0. The molecule has 0 unspecified atom stereocenters. The smallest absolute Gasteiger partial charge is 0.0319 e. The number of hydrogen-bond donors (Lipinski definition) is 4. The second kappa shape index (κ2) is 148. The molecule has 0 spiro atoms. The molecule has 0 atom stereocenters. The molecule has 0 saturated carbocycles. The molecule has 0 aliphatic heterocycles. The minimum absolute atomic E-state index is 0. The Bertz CT molecular complexity index is 19.8. The average Bonchev–Trinajstić information content (AvgIpc) is 2.14. The maximum atomic E-state index is 7.00. The summed E-state index contributed by atoms with van der Waals surface area (Å²) in [6.07, 6.45) is 0.847. The summed E-state index contributed by atoms with van der Waals surface area (Å²) >= 11 is 0. The van der Waals surface area contributed by atoms with Gasteiger partial charge in [-0.15, -0.1) is 0 Å². The van der Waals surface area contributed by atoms with Crippen molar-refractivity contribution in [1.29, 1.82) is 0 Å². The Morgan fingerprint density at radius 3 is 1.09 bits per heavy atom. The van der Waals surface area contributed by atoms with E-state index in [0.717, 1.165) is 27.8 Å². The molecule has 0 aromatic rings. The zero-order valence-corrected chi connectivity index (χ0v) is 9.10. The summed E-state index contributed by atoms with van der Waals surface area (Å²) in [5, 5.41) is 21.0. The molecule has 0 amide bonds. The molecule has 0 rings (SSSR count). The fraction of sp³-hybridized carbons (Fsp3) is 0.833. The SMILES string of the molecule is CO.CO.CO.[CH2-]CCN.[Ti]. The maximum Gasteiger partial charge on any atom is 0.0319 e. The molecule has 5 heteroatoms. The molecule has 0 heterocycles. The molecule has 0 bridgehead atoms. The third kappa shape index (κ3) is 320. The first-order chi connectivity index (χ1) is 4.91. The largest absolute Gasteiger partial charge is 0.400 e. The van der Waals surface area contributed by atoms with Crippen molar-refractivity contribution in [3.63, 3.8) is 0 Å². The van der Waals surface area contributed by atoms with Crippen LogP contribution in [0.3, 0.4) is 0 Å². The quantitative estimate of drug-likeness (QED) is 0.324. The van der Waals surface area contributed by atoms with Gasteiger partial charge in [0.25, 0.3) is 0 Å². The Morgan fingerprint density at radius 1 is 1.00 bits per heavy atom. The van der Waals surface area contributed by atoms with E-state index in [2.05, 4.69) is 6.92 Å². The van der Waals surface area contributed by atoms with E-state index >= 15 is 0 Å². The van der Waals surface area contributed by atoms with Crippen LogP contribution in [0.5, 0.6) is 0 Å². The number of rotatable bonds is 1. The van der Waals surface area contributed by atoms with Crippen molar-refractivity contribution in [1.82, 2.24) is 0 Å². The zero-order chi connectivity index (χ0) is 9.41. The third-order valence-corrected chi connectivity index (χ3v) is 0.204. The van der Waals surface area contributed by atoms with Crippen molar-refractivity contribution in [2.75, 3.05) is 27.9 Å². The normalized spacial score (nSPS) is 4.36. The van der Waals surface area contributed by atoms with Crippen LogP contribution in [-0.4, -0.2) is 43.2 Å². The van der Waals surface area contributed by atoms with Crippen LogP contribution >= 0.6 is 0 Å². The summed E-state index contributed by atoms with van der Waals surface area (Å²) in [6.45, 7) is 4.19. The van der Waals surface area contributed by atoms with E-state index in [9.17, 15) is 0 Å². The summed E-state index contributed by atoms with van der Waals surface area (Å²) in [5.74, 6) is 0. The van der Waals surface area contributed by atoms with E-state index in [0.29, 0.717) is 6.54 Å². The van der Waals surface area contributed by atoms with Crippen LogP contribution in [-0.2, 0) is 21.7 Å². The van der Waals surface area contributed by atoms with Gasteiger partial charge in [0.1, 0.15) is 0 Å². The molecular weight excluding hydrogens is 182 g/mol. The fourth-order valence-corrected chi connectivity index (χ4v) is 0. The maximum absolute atomic E-state index is 7.00. The number of aliphatic hydroxyl groups is 3.